The summed E-state index contributed by atoms with van der Waals surface area (Å²) < 4.78 is 18.9. The van der Waals surface area contributed by atoms with Crippen molar-refractivity contribution in [3.63, 3.8) is 0 Å². The number of halogens is 2. The molecule has 0 aliphatic heterocycles. The first-order valence-electron chi connectivity index (χ1n) is 9.74. The molecule has 1 atom stereocenters. The topological polar surface area (TPSA) is 116 Å². The minimum Gasteiger partial charge on any atom is -0.479 e. The second-order valence-electron chi connectivity index (χ2n) is 7.49. The van der Waals surface area contributed by atoms with Crippen molar-refractivity contribution < 1.29 is 33.7 Å². The summed E-state index contributed by atoms with van der Waals surface area (Å²) >= 11 is 5.93. The number of hydrazine groups is 1. The quantitative estimate of drug-likeness (QED) is 0.295. The zero-order valence-electron chi connectivity index (χ0n) is 17.5. The van der Waals surface area contributed by atoms with Crippen LogP contribution in [-0.2, 0) is 25.7 Å². The maximum atomic E-state index is 14.1. The Kier molecular flexibility index (Phi) is 9.13. The van der Waals surface area contributed by atoms with Gasteiger partial charge in [0.1, 0.15) is 5.82 Å². The highest BCUT2D eigenvalue weighted by Gasteiger charge is 2.23. The third-order valence-corrected chi connectivity index (χ3v) is 4.47. The fourth-order valence-corrected chi connectivity index (χ4v) is 2.83. The lowest BCUT2D eigenvalue weighted by Crippen LogP contribution is -2.49. The van der Waals surface area contributed by atoms with Crippen LogP contribution in [0, 0.1) is 11.7 Å². The summed E-state index contributed by atoms with van der Waals surface area (Å²) in [6.45, 7) is 3.14. The SMILES string of the molecule is CC(C)COC(=O)C(=O)NN(Cc1ccc(-c2cc(Cl)ccc2F)cc1)C[C@@H](O)C(=O)O. The number of ether oxygens (including phenoxy) is 1. The first-order valence-corrected chi connectivity index (χ1v) is 10.1. The van der Waals surface area contributed by atoms with Gasteiger partial charge in [-0.05, 0) is 35.2 Å². The van der Waals surface area contributed by atoms with E-state index in [0.717, 1.165) is 5.01 Å². The summed E-state index contributed by atoms with van der Waals surface area (Å²) in [5.41, 5.74) is 3.73. The zero-order valence-corrected chi connectivity index (χ0v) is 18.3. The van der Waals surface area contributed by atoms with Crippen molar-refractivity contribution >= 4 is 29.4 Å². The van der Waals surface area contributed by atoms with Gasteiger partial charge in [0.05, 0.1) is 13.2 Å². The van der Waals surface area contributed by atoms with Gasteiger partial charge in [-0.25, -0.2) is 19.0 Å². The van der Waals surface area contributed by atoms with E-state index in [1.807, 2.05) is 0 Å². The Labute approximate surface area is 189 Å². The minimum absolute atomic E-state index is 0.0273. The fraction of sp³-hybridized carbons (Fsp3) is 0.318. The number of hydrogen-bond donors (Lipinski definition) is 3. The lowest BCUT2D eigenvalue weighted by atomic mass is 10.0. The van der Waals surface area contributed by atoms with Gasteiger partial charge in [-0.15, -0.1) is 0 Å². The number of nitrogens with zero attached hydrogens (tertiary/aromatic N) is 1. The molecule has 0 spiro atoms. The summed E-state index contributed by atoms with van der Waals surface area (Å²) in [6.07, 6.45) is -1.80. The summed E-state index contributed by atoms with van der Waals surface area (Å²) in [5.74, 6) is -4.13. The molecule has 0 radical (unpaired) electrons. The standard InChI is InChI=1S/C22H24ClFN2O6/c1-13(2)12-32-22(31)20(28)25-26(11-19(27)21(29)30)10-14-3-5-15(6-4-14)17-9-16(23)7-8-18(17)24/h3-9,13,19,27H,10-12H2,1-2H3,(H,25,28)(H,29,30)/t19-/m1/s1. The number of rotatable bonds is 9. The lowest BCUT2D eigenvalue weighted by molar-refractivity contribution is -0.159. The number of carbonyl (C=O) groups is 3. The number of carboxylic acid groups (broad SMARTS) is 1. The average molecular weight is 467 g/mol. The second-order valence-corrected chi connectivity index (χ2v) is 7.93. The molecule has 0 saturated heterocycles. The molecule has 2 aromatic carbocycles. The van der Waals surface area contributed by atoms with Crippen LogP contribution in [0.2, 0.25) is 5.02 Å². The van der Waals surface area contributed by atoms with Crippen molar-refractivity contribution in [1.29, 1.82) is 0 Å². The third-order valence-electron chi connectivity index (χ3n) is 4.24. The highest BCUT2D eigenvalue weighted by Crippen LogP contribution is 2.26. The van der Waals surface area contributed by atoms with Crippen LogP contribution < -0.4 is 5.43 Å². The number of esters is 1. The maximum Gasteiger partial charge on any atom is 0.398 e. The van der Waals surface area contributed by atoms with Gasteiger partial charge >= 0.3 is 17.8 Å². The van der Waals surface area contributed by atoms with E-state index >= 15 is 0 Å². The van der Waals surface area contributed by atoms with E-state index < -0.39 is 36.3 Å². The second kappa shape index (κ2) is 11.6. The van der Waals surface area contributed by atoms with E-state index in [1.165, 1.54) is 18.2 Å². The molecule has 0 bridgehead atoms. The van der Waals surface area contributed by atoms with Crippen molar-refractivity contribution in [3.8, 4) is 11.1 Å². The van der Waals surface area contributed by atoms with Gasteiger partial charge in [-0.3, -0.25) is 10.2 Å². The van der Waals surface area contributed by atoms with E-state index in [0.29, 0.717) is 21.7 Å². The Morgan fingerprint density at radius 3 is 2.41 bits per heavy atom. The van der Waals surface area contributed by atoms with Gasteiger partial charge in [0, 0.05) is 17.1 Å². The number of carbonyl (C=O) groups excluding carboxylic acids is 2. The molecule has 2 rings (SSSR count). The maximum absolute atomic E-state index is 14.1. The number of aliphatic carboxylic acids is 1. The van der Waals surface area contributed by atoms with E-state index in [9.17, 15) is 23.9 Å². The summed E-state index contributed by atoms with van der Waals surface area (Å²) in [6, 6.07) is 10.7. The highest BCUT2D eigenvalue weighted by atomic mass is 35.5. The molecular formula is C22H24ClFN2O6. The Balaban J connectivity index is 2.14. The van der Waals surface area contributed by atoms with Gasteiger partial charge in [-0.1, -0.05) is 49.7 Å². The number of amides is 1. The Hall–Kier alpha value is -3.01. The molecule has 0 aliphatic rings. The zero-order chi connectivity index (χ0) is 23.8. The molecule has 172 valence electrons. The van der Waals surface area contributed by atoms with E-state index in [-0.39, 0.29) is 19.1 Å². The summed E-state index contributed by atoms with van der Waals surface area (Å²) in [7, 11) is 0. The Bertz CT molecular complexity index is 967. The molecular weight excluding hydrogens is 443 g/mol. The molecule has 0 saturated carbocycles. The van der Waals surface area contributed by atoms with Gasteiger partial charge < -0.3 is 14.9 Å². The fourth-order valence-electron chi connectivity index (χ4n) is 2.66. The van der Waals surface area contributed by atoms with Crippen LogP contribution in [0.1, 0.15) is 19.4 Å². The van der Waals surface area contributed by atoms with Crippen molar-refractivity contribution in [2.24, 2.45) is 5.92 Å². The van der Waals surface area contributed by atoms with E-state index in [4.69, 9.17) is 21.4 Å². The average Bonchev–Trinajstić information content (AvgIpc) is 2.74. The molecule has 3 N–H and O–H groups in total. The van der Waals surface area contributed by atoms with E-state index in [1.54, 1.807) is 38.1 Å². The summed E-state index contributed by atoms with van der Waals surface area (Å²) in [4.78, 5) is 35.0. The number of nitrogens with one attached hydrogen (secondary N) is 1. The molecule has 0 heterocycles. The molecule has 10 heteroatoms. The third kappa shape index (κ3) is 7.60. The largest absolute Gasteiger partial charge is 0.479 e. The van der Waals surface area contributed by atoms with Crippen LogP contribution in [0.15, 0.2) is 42.5 Å². The number of aliphatic hydroxyl groups excluding tert-OH is 1. The number of hydrogen-bond acceptors (Lipinski definition) is 6. The molecule has 0 aromatic heterocycles. The van der Waals surface area contributed by atoms with Crippen LogP contribution in [0.3, 0.4) is 0 Å². The molecule has 0 fully saturated rings. The predicted octanol–water partition coefficient (Wildman–Crippen LogP) is 2.62. The van der Waals surface area contributed by atoms with Crippen LogP contribution in [0.5, 0.6) is 0 Å². The first kappa shape index (κ1) is 25.3. The molecule has 32 heavy (non-hydrogen) atoms. The number of benzene rings is 2. The van der Waals surface area contributed by atoms with Crippen molar-refractivity contribution in [2.75, 3.05) is 13.2 Å². The Morgan fingerprint density at radius 1 is 1.16 bits per heavy atom. The smallest absolute Gasteiger partial charge is 0.398 e. The monoisotopic (exact) mass is 466 g/mol. The highest BCUT2D eigenvalue weighted by molar-refractivity contribution is 6.32. The van der Waals surface area contributed by atoms with Crippen LogP contribution in [-0.4, -0.2) is 52.3 Å². The molecule has 1 amide bonds. The van der Waals surface area contributed by atoms with Gasteiger partial charge in [0.25, 0.3) is 0 Å². The van der Waals surface area contributed by atoms with Crippen molar-refractivity contribution in [2.45, 2.75) is 26.5 Å². The van der Waals surface area contributed by atoms with Crippen molar-refractivity contribution in [3.05, 3.63) is 58.9 Å². The summed E-state index contributed by atoms with van der Waals surface area (Å²) in [5, 5.41) is 20.1. The predicted molar refractivity (Wildman–Crippen MR) is 115 cm³/mol. The molecule has 0 unspecified atom stereocenters. The normalized spacial score (nSPS) is 12.0. The van der Waals surface area contributed by atoms with Gasteiger partial charge in [-0.2, -0.15) is 0 Å². The molecule has 0 aliphatic carbocycles. The lowest BCUT2D eigenvalue weighted by Gasteiger charge is -2.24. The number of carboxylic acids is 1. The van der Waals surface area contributed by atoms with Crippen LogP contribution in [0.4, 0.5) is 4.39 Å². The van der Waals surface area contributed by atoms with Gasteiger partial charge in [0.2, 0.25) is 0 Å². The molecule has 2 aromatic rings. The minimum atomic E-state index is -1.80. The van der Waals surface area contributed by atoms with Crippen LogP contribution in [0.25, 0.3) is 11.1 Å². The first-order chi connectivity index (χ1) is 15.1. The molecule has 8 nitrogen and oxygen atoms in total. The number of aliphatic hydroxyl groups is 1. The Morgan fingerprint density at radius 2 is 1.81 bits per heavy atom. The van der Waals surface area contributed by atoms with Gasteiger partial charge in [0.15, 0.2) is 6.10 Å². The van der Waals surface area contributed by atoms with Crippen LogP contribution >= 0.6 is 11.6 Å². The van der Waals surface area contributed by atoms with E-state index in [2.05, 4.69) is 5.43 Å². The van der Waals surface area contributed by atoms with Crippen molar-refractivity contribution in [1.82, 2.24) is 10.4 Å².